The molecule has 0 aromatic heterocycles. The van der Waals surface area contributed by atoms with E-state index in [2.05, 4.69) is 40.2 Å². The van der Waals surface area contributed by atoms with E-state index >= 15 is 0 Å². The summed E-state index contributed by atoms with van der Waals surface area (Å²) in [6.07, 6.45) is 6.57. The van der Waals surface area contributed by atoms with Crippen LogP contribution in [0.15, 0.2) is 78.4 Å². The van der Waals surface area contributed by atoms with Crippen LogP contribution in [0.25, 0.3) is 0 Å². The van der Waals surface area contributed by atoms with Crippen LogP contribution in [0.3, 0.4) is 0 Å². The Morgan fingerprint density at radius 1 is 1.06 bits per heavy atom. The predicted molar refractivity (Wildman–Crippen MR) is 125 cm³/mol. The maximum atomic E-state index is 15.0. The van der Waals surface area contributed by atoms with Crippen LogP contribution in [0, 0.1) is 11.6 Å². The molecule has 168 valence electrons. The number of halogens is 3. The summed E-state index contributed by atoms with van der Waals surface area (Å²) in [6.45, 7) is 23.2. The molecule has 0 saturated heterocycles. The van der Waals surface area contributed by atoms with E-state index in [0.717, 1.165) is 12.0 Å². The van der Waals surface area contributed by atoms with Gasteiger partial charge < -0.3 is 4.74 Å². The lowest BCUT2D eigenvalue weighted by Crippen LogP contribution is -2.15. The number of allylic oxidation sites excluding steroid dienone is 7. The highest BCUT2D eigenvalue weighted by atomic mass is 19.2. The van der Waals surface area contributed by atoms with E-state index in [1.807, 2.05) is 13.8 Å². The van der Waals surface area contributed by atoms with Crippen molar-refractivity contribution in [2.45, 2.75) is 59.8 Å². The van der Waals surface area contributed by atoms with Gasteiger partial charge in [0.25, 0.3) is 0 Å². The number of aryl methyl sites for hydroxylation is 1. The number of hydrogen-bond donors (Lipinski definition) is 0. The van der Waals surface area contributed by atoms with Gasteiger partial charge in [-0.15, -0.1) is 0 Å². The molecule has 1 aliphatic rings. The predicted octanol–water partition coefficient (Wildman–Crippen LogP) is 8.64. The average molecular weight is 431 g/mol. The standard InChI is InChI=1S/C24H25F3O.C3H8/c1-7-9-18-13-19-12-16(5)23(28-24(19)22(27)21(18)26)20(25)17(6)15(4)11-10-14(3)8-2;1-3-2/h10-11,13H,3-9,12H2,1-2H3;3H2,1-2H3/b11-10-,23-20-;. The van der Waals surface area contributed by atoms with E-state index < -0.39 is 17.5 Å². The van der Waals surface area contributed by atoms with Crippen molar-refractivity contribution in [1.29, 1.82) is 0 Å². The highest BCUT2D eigenvalue weighted by Gasteiger charge is 2.29. The third kappa shape index (κ3) is 6.61. The summed E-state index contributed by atoms with van der Waals surface area (Å²) in [5.74, 6) is -3.42. The molecule has 1 aliphatic heterocycles. The lowest BCUT2D eigenvalue weighted by Gasteiger charge is -2.24. The first-order valence-corrected chi connectivity index (χ1v) is 10.6. The first-order valence-electron chi connectivity index (χ1n) is 10.6. The number of fused-ring (bicyclic) bond motifs is 1. The van der Waals surface area contributed by atoms with Gasteiger partial charge in [-0.05, 0) is 35.6 Å². The molecule has 0 amide bonds. The summed E-state index contributed by atoms with van der Waals surface area (Å²) in [7, 11) is 0. The summed E-state index contributed by atoms with van der Waals surface area (Å²) in [6, 6.07) is 1.56. The summed E-state index contributed by atoms with van der Waals surface area (Å²) in [5.41, 5.74) is 2.23. The van der Waals surface area contributed by atoms with Crippen LogP contribution in [0.5, 0.6) is 5.75 Å². The Labute approximate surface area is 185 Å². The van der Waals surface area contributed by atoms with Crippen LogP contribution in [-0.2, 0) is 12.8 Å². The number of hydrogen-bond acceptors (Lipinski definition) is 1. The van der Waals surface area contributed by atoms with Crippen LogP contribution in [-0.4, -0.2) is 0 Å². The quantitative estimate of drug-likeness (QED) is 0.393. The molecule has 0 fully saturated rings. The second-order valence-electron chi connectivity index (χ2n) is 7.48. The lowest BCUT2D eigenvalue weighted by molar-refractivity contribution is 0.354. The van der Waals surface area contributed by atoms with Crippen LogP contribution in [0.2, 0.25) is 0 Å². The van der Waals surface area contributed by atoms with Gasteiger partial charge in [-0.25, -0.2) is 8.78 Å². The Morgan fingerprint density at radius 2 is 1.68 bits per heavy atom. The Morgan fingerprint density at radius 3 is 2.23 bits per heavy atom. The molecule has 0 saturated carbocycles. The zero-order valence-corrected chi connectivity index (χ0v) is 19.1. The topological polar surface area (TPSA) is 9.23 Å². The smallest absolute Gasteiger partial charge is 0.201 e. The second-order valence-corrected chi connectivity index (χ2v) is 7.48. The van der Waals surface area contributed by atoms with Crippen molar-refractivity contribution in [2.24, 2.45) is 0 Å². The third-order valence-electron chi connectivity index (χ3n) is 4.59. The Balaban J connectivity index is 0.00000151. The van der Waals surface area contributed by atoms with Crippen LogP contribution < -0.4 is 4.74 Å². The molecule has 0 atom stereocenters. The maximum Gasteiger partial charge on any atom is 0.201 e. The zero-order valence-electron chi connectivity index (χ0n) is 19.1. The van der Waals surface area contributed by atoms with E-state index in [0.29, 0.717) is 29.6 Å². The van der Waals surface area contributed by atoms with Crippen molar-refractivity contribution in [2.75, 3.05) is 0 Å². The fraction of sp³-hybridized carbons (Fsp3) is 0.333. The molecule has 2 rings (SSSR count). The molecular formula is C27H33F3O. The molecule has 1 aromatic rings. The van der Waals surface area contributed by atoms with Crippen molar-refractivity contribution < 1.29 is 17.9 Å². The minimum atomic E-state index is -1.11. The molecule has 0 unspecified atom stereocenters. The van der Waals surface area contributed by atoms with Crippen molar-refractivity contribution in [3.8, 4) is 5.75 Å². The molecule has 0 aliphatic carbocycles. The van der Waals surface area contributed by atoms with E-state index in [1.165, 1.54) is 6.42 Å². The van der Waals surface area contributed by atoms with Crippen molar-refractivity contribution >= 4 is 0 Å². The lowest BCUT2D eigenvalue weighted by atomic mass is 9.95. The summed E-state index contributed by atoms with van der Waals surface area (Å²) in [5, 5.41) is 0. The first-order chi connectivity index (χ1) is 14.6. The Hall–Kier alpha value is -2.75. The van der Waals surface area contributed by atoms with Crippen LogP contribution in [0.4, 0.5) is 13.2 Å². The van der Waals surface area contributed by atoms with Crippen LogP contribution in [0.1, 0.15) is 58.1 Å². The monoisotopic (exact) mass is 430 g/mol. The maximum absolute atomic E-state index is 15.0. The normalized spacial score (nSPS) is 14.4. The molecule has 31 heavy (non-hydrogen) atoms. The molecule has 1 heterocycles. The van der Waals surface area contributed by atoms with E-state index in [-0.39, 0.29) is 29.1 Å². The minimum Gasteiger partial charge on any atom is -0.450 e. The van der Waals surface area contributed by atoms with Gasteiger partial charge in [-0.3, -0.25) is 0 Å². The molecule has 0 spiro atoms. The van der Waals surface area contributed by atoms with Gasteiger partial charge in [-0.1, -0.05) is 84.6 Å². The molecule has 1 nitrogen and oxygen atoms in total. The Kier molecular flexibility index (Phi) is 10.3. The van der Waals surface area contributed by atoms with Gasteiger partial charge in [0, 0.05) is 17.6 Å². The Bertz CT molecular complexity index is 932. The van der Waals surface area contributed by atoms with E-state index in [1.54, 1.807) is 18.2 Å². The highest BCUT2D eigenvalue weighted by Crippen LogP contribution is 2.39. The van der Waals surface area contributed by atoms with Gasteiger partial charge in [0.05, 0.1) is 0 Å². The van der Waals surface area contributed by atoms with Gasteiger partial charge in [0.1, 0.15) is 0 Å². The van der Waals surface area contributed by atoms with Crippen molar-refractivity contribution in [3.63, 3.8) is 0 Å². The fourth-order valence-corrected chi connectivity index (χ4v) is 2.81. The van der Waals surface area contributed by atoms with E-state index in [4.69, 9.17) is 4.74 Å². The zero-order chi connectivity index (χ0) is 23.7. The minimum absolute atomic E-state index is 0.0109. The van der Waals surface area contributed by atoms with Gasteiger partial charge >= 0.3 is 0 Å². The molecule has 0 bridgehead atoms. The molecular weight excluding hydrogens is 397 g/mol. The number of ether oxygens (including phenoxy) is 1. The molecule has 4 heteroatoms. The van der Waals surface area contributed by atoms with E-state index in [9.17, 15) is 13.2 Å². The van der Waals surface area contributed by atoms with Crippen molar-refractivity contribution in [3.05, 3.63) is 101 Å². The highest BCUT2D eigenvalue weighted by molar-refractivity contribution is 5.55. The molecule has 0 N–H and O–H groups in total. The largest absolute Gasteiger partial charge is 0.450 e. The first kappa shape index (κ1) is 26.3. The fourth-order valence-electron chi connectivity index (χ4n) is 2.81. The summed E-state index contributed by atoms with van der Waals surface area (Å²) >= 11 is 0. The SMILES string of the molecule is C=C(/C=C\C(=C)C(=C)/C(F)=C1/Oc2c(cc(CCC)c(F)c2F)CC1=C)CC.CCC. The second kappa shape index (κ2) is 12.2. The van der Waals surface area contributed by atoms with Crippen LogP contribution >= 0.6 is 0 Å². The molecule has 1 aromatic carbocycles. The average Bonchev–Trinajstić information content (AvgIpc) is 2.74. The number of rotatable bonds is 7. The summed E-state index contributed by atoms with van der Waals surface area (Å²) in [4.78, 5) is 0. The number of benzene rings is 1. The summed E-state index contributed by atoms with van der Waals surface area (Å²) < 4.78 is 49.2. The van der Waals surface area contributed by atoms with Gasteiger partial charge in [0.15, 0.2) is 23.2 Å². The molecule has 0 radical (unpaired) electrons. The van der Waals surface area contributed by atoms with Gasteiger partial charge in [0.2, 0.25) is 5.82 Å². The third-order valence-corrected chi connectivity index (χ3v) is 4.59. The van der Waals surface area contributed by atoms with Gasteiger partial charge in [-0.2, -0.15) is 4.39 Å². The van der Waals surface area contributed by atoms with Crippen molar-refractivity contribution in [1.82, 2.24) is 0 Å².